The van der Waals surface area contributed by atoms with Crippen LogP contribution in [-0.4, -0.2) is 41.5 Å². The first-order valence-electron chi connectivity index (χ1n) is 7.37. The van der Waals surface area contributed by atoms with Crippen LogP contribution in [0.15, 0.2) is 30.6 Å². The lowest BCUT2D eigenvalue weighted by molar-refractivity contribution is 0.324. The highest BCUT2D eigenvalue weighted by molar-refractivity contribution is 6.08. The lowest BCUT2D eigenvalue weighted by Gasteiger charge is -2.14. The zero-order chi connectivity index (χ0) is 16.7. The number of benzene rings is 1. The summed E-state index contributed by atoms with van der Waals surface area (Å²) < 4.78 is 16.3. The van der Waals surface area contributed by atoms with Gasteiger partial charge >= 0.3 is 0 Å². The first-order valence-corrected chi connectivity index (χ1v) is 7.37. The molecule has 1 aromatic carbocycles. The van der Waals surface area contributed by atoms with Crippen LogP contribution in [0.4, 0.5) is 0 Å². The predicted molar refractivity (Wildman–Crippen MR) is 90.8 cm³/mol. The molecule has 0 bridgehead atoms. The molecule has 0 atom stereocenters. The molecule has 4 aromatic rings. The van der Waals surface area contributed by atoms with Gasteiger partial charge < -0.3 is 19.3 Å². The molecule has 0 saturated carbocycles. The molecular weight excluding hydrogens is 308 g/mol. The molecule has 0 saturated heterocycles. The maximum absolute atomic E-state index is 5.44. The number of nitrogens with zero attached hydrogens (tertiary/aromatic N) is 2. The Hall–Kier alpha value is -3.22. The zero-order valence-electron chi connectivity index (χ0n) is 13.5. The van der Waals surface area contributed by atoms with Gasteiger partial charge in [0.05, 0.1) is 32.5 Å². The third kappa shape index (κ3) is 1.98. The van der Waals surface area contributed by atoms with E-state index < -0.39 is 0 Å². The van der Waals surface area contributed by atoms with E-state index >= 15 is 0 Å². The number of aromatic amines is 2. The molecule has 0 aliphatic carbocycles. The van der Waals surface area contributed by atoms with E-state index in [2.05, 4.69) is 15.2 Å². The number of rotatable bonds is 4. The van der Waals surface area contributed by atoms with Crippen LogP contribution in [0.3, 0.4) is 0 Å². The molecule has 7 nitrogen and oxygen atoms in total. The van der Waals surface area contributed by atoms with E-state index in [1.165, 1.54) is 0 Å². The van der Waals surface area contributed by atoms with Crippen molar-refractivity contribution >= 4 is 21.9 Å². The number of H-pyrrole nitrogens is 2. The molecule has 7 heteroatoms. The number of ether oxygens (including phenoxy) is 3. The van der Waals surface area contributed by atoms with E-state index in [0.717, 1.165) is 27.5 Å². The Balaban J connectivity index is 2.04. The van der Waals surface area contributed by atoms with Crippen LogP contribution in [0.2, 0.25) is 0 Å². The quantitative estimate of drug-likeness (QED) is 0.602. The van der Waals surface area contributed by atoms with E-state index in [4.69, 9.17) is 19.2 Å². The van der Waals surface area contributed by atoms with E-state index in [1.54, 1.807) is 27.5 Å². The highest BCUT2D eigenvalue weighted by Gasteiger charge is 2.18. The molecule has 0 spiro atoms. The fraction of sp³-hybridized carbons (Fsp3) is 0.176. The van der Waals surface area contributed by atoms with Gasteiger partial charge in [0.2, 0.25) is 5.75 Å². The van der Waals surface area contributed by atoms with Crippen LogP contribution in [0, 0.1) is 0 Å². The molecule has 0 aliphatic heterocycles. The number of nitrogens with one attached hydrogen (secondary N) is 2. The van der Waals surface area contributed by atoms with Gasteiger partial charge in [-0.2, -0.15) is 0 Å². The number of methoxy groups -OCH3 is 3. The van der Waals surface area contributed by atoms with Crippen molar-refractivity contribution in [1.82, 2.24) is 20.2 Å². The Labute approximate surface area is 137 Å². The van der Waals surface area contributed by atoms with Gasteiger partial charge in [0.1, 0.15) is 0 Å². The minimum absolute atomic E-state index is 0.549. The van der Waals surface area contributed by atoms with Crippen LogP contribution in [0.5, 0.6) is 17.2 Å². The minimum atomic E-state index is 0.549. The Bertz CT molecular complexity index is 1010. The summed E-state index contributed by atoms with van der Waals surface area (Å²) in [6.45, 7) is 0. The second kappa shape index (κ2) is 5.45. The van der Waals surface area contributed by atoms with Crippen molar-refractivity contribution in [1.29, 1.82) is 0 Å². The van der Waals surface area contributed by atoms with Crippen molar-refractivity contribution in [2.45, 2.75) is 0 Å². The summed E-state index contributed by atoms with van der Waals surface area (Å²) in [5, 5.41) is 8.11. The van der Waals surface area contributed by atoms with Crippen molar-refractivity contribution in [2.24, 2.45) is 0 Å². The normalized spacial score (nSPS) is 11.1. The van der Waals surface area contributed by atoms with Crippen LogP contribution in [0.1, 0.15) is 0 Å². The van der Waals surface area contributed by atoms with Gasteiger partial charge in [-0.1, -0.05) is 0 Å². The average molecular weight is 324 g/mol. The summed E-state index contributed by atoms with van der Waals surface area (Å²) in [5.41, 5.74) is 3.28. The van der Waals surface area contributed by atoms with Crippen LogP contribution in [0.25, 0.3) is 33.2 Å². The number of aromatic nitrogens is 4. The van der Waals surface area contributed by atoms with E-state index in [-0.39, 0.29) is 0 Å². The van der Waals surface area contributed by atoms with Gasteiger partial charge in [0.15, 0.2) is 17.1 Å². The monoisotopic (exact) mass is 324 g/mol. The molecule has 0 amide bonds. The molecule has 3 heterocycles. The summed E-state index contributed by atoms with van der Waals surface area (Å²) in [5.74, 6) is 1.71. The predicted octanol–water partition coefficient (Wildman–Crippen LogP) is 3.13. The van der Waals surface area contributed by atoms with E-state index in [1.807, 2.05) is 24.4 Å². The smallest absolute Gasteiger partial charge is 0.203 e. The standard InChI is InChI=1S/C17H16N4O3/c1-22-12-6-9(7-13(23-2)16(12)24-3)14-11-8-19-21-15(11)10-4-5-18-17(10)20-14/h4-8,19,21H,1-3H3. The summed E-state index contributed by atoms with van der Waals surface area (Å²) in [6, 6.07) is 5.70. The number of hydrogen-bond acceptors (Lipinski definition) is 5. The van der Waals surface area contributed by atoms with E-state index in [0.29, 0.717) is 22.9 Å². The van der Waals surface area contributed by atoms with Crippen molar-refractivity contribution in [3.05, 3.63) is 30.6 Å². The number of hydrogen-bond donors (Lipinski definition) is 2. The Morgan fingerprint density at radius 3 is 2.38 bits per heavy atom. The molecule has 3 aromatic heterocycles. The van der Waals surface area contributed by atoms with Crippen molar-refractivity contribution in [3.8, 4) is 28.5 Å². The molecule has 24 heavy (non-hydrogen) atoms. The van der Waals surface area contributed by atoms with Gasteiger partial charge in [-0.15, -0.1) is 0 Å². The molecule has 122 valence electrons. The Kier molecular flexibility index (Phi) is 3.26. The van der Waals surface area contributed by atoms with Gasteiger partial charge in [-0.05, 0) is 18.2 Å². The zero-order valence-corrected chi connectivity index (χ0v) is 13.5. The maximum Gasteiger partial charge on any atom is 0.203 e. The fourth-order valence-electron chi connectivity index (χ4n) is 2.93. The van der Waals surface area contributed by atoms with Gasteiger partial charge in [-0.3, -0.25) is 5.10 Å². The summed E-state index contributed by atoms with van der Waals surface area (Å²) >= 11 is 0. The van der Waals surface area contributed by atoms with E-state index in [9.17, 15) is 0 Å². The highest BCUT2D eigenvalue weighted by Crippen LogP contribution is 2.42. The summed E-state index contributed by atoms with van der Waals surface area (Å²) in [6.07, 6.45) is 3.63. The molecule has 2 N–H and O–H groups in total. The van der Waals surface area contributed by atoms with Crippen LogP contribution in [-0.2, 0) is 0 Å². The Morgan fingerprint density at radius 1 is 0.958 bits per heavy atom. The third-order valence-corrected chi connectivity index (χ3v) is 4.04. The SMILES string of the molecule is COc1cc(-c2nc3nccc3c3[nH][nH]cc23)cc(OC)c1OC. The maximum atomic E-state index is 5.44. The molecule has 4 rings (SSSR count). The van der Waals surface area contributed by atoms with Crippen molar-refractivity contribution in [3.63, 3.8) is 0 Å². The summed E-state index contributed by atoms with van der Waals surface area (Å²) in [4.78, 5) is 9.03. The second-order valence-electron chi connectivity index (χ2n) is 5.26. The molecule has 0 fully saturated rings. The highest BCUT2D eigenvalue weighted by atomic mass is 16.5. The Morgan fingerprint density at radius 2 is 1.71 bits per heavy atom. The largest absolute Gasteiger partial charge is 0.493 e. The van der Waals surface area contributed by atoms with Crippen LogP contribution >= 0.6 is 0 Å². The fourth-order valence-corrected chi connectivity index (χ4v) is 2.93. The van der Waals surface area contributed by atoms with Crippen molar-refractivity contribution in [2.75, 3.05) is 21.3 Å². The first kappa shape index (κ1) is 14.4. The summed E-state index contributed by atoms with van der Waals surface area (Å²) in [7, 11) is 4.77. The molecular formula is C17H16N4O3. The molecule has 0 aliphatic rings. The number of fused-ring (bicyclic) bond motifs is 3. The minimum Gasteiger partial charge on any atom is -0.493 e. The van der Waals surface area contributed by atoms with Crippen LogP contribution < -0.4 is 14.2 Å². The average Bonchev–Trinajstić information content (AvgIpc) is 3.27. The van der Waals surface area contributed by atoms with Gasteiger partial charge in [0.25, 0.3) is 0 Å². The lowest BCUT2D eigenvalue weighted by Crippen LogP contribution is -1.96. The van der Waals surface area contributed by atoms with Gasteiger partial charge in [0, 0.05) is 28.7 Å². The first-order chi connectivity index (χ1) is 11.8. The van der Waals surface area contributed by atoms with Gasteiger partial charge in [-0.25, -0.2) is 9.97 Å². The molecule has 0 radical (unpaired) electrons. The molecule has 0 unspecified atom stereocenters. The van der Waals surface area contributed by atoms with Crippen molar-refractivity contribution < 1.29 is 14.2 Å². The third-order valence-electron chi connectivity index (χ3n) is 4.04. The number of pyridine rings is 1. The second-order valence-corrected chi connectivity index (χ2v) is 5.26. The topological polar surface area (TPSA) is 85.1 Å². The lowest BCUT2D eigenvalue weighted by atomic mass is 10.1.